The van der Waals surface area contributed by atoms with Crippen LogP contribution in [0.4, 0.5) is 0 Å². The second kappa shape index (κ2) is 14.1. The van der Waals surface area contributed by atoms with Crippen LogP contribution >= 0.6 is 24.2 Å². The Hall–Kier alpha value is -1.90. The highest BCUT2D eigenvalue weighted by Crippen LogP contribution is 2.28. The van der Waals surface area contributed by atoms with E-state index >= 15 is 0 Å². The molecule has 7 nitrogen and oxygen atoms in total. The lowest BCUT2D eigenvalue weighted by molar-refractivity contribution is -0.126. The van der Waals surface area contributed by atoms with Crippen LogP contribution in [0, 0.1) is 11.8 Å². The predicted octanol–water partition coefficient (Wildman–Crippen LogP) is 5.54. The molecule has 1 unspecified atom stereocenters. The number of nitrogens with one attached hydrogen (secondary N) is 1. The molecule has 36 heavy (non-hydrogen) atoms. The number of hydrogen-bond donors (Lipinski definition) is 1. The SMILES string of the molecule is CC(C)Sc1nnc(C(=O)C(NC(=O)C2CCCCCC2)C2CCN(Cc3ccccc3)CC2)o1.Cl. The number of likely N-dealkylation sites (tertiary alicyclic amines) is 1. The molecule has 2 fully saturated rings. The fraction of sp³-hybridized carbons (Fsp3) is 0.630. The zero-order valence-electron chi connectivity index (χ0n) is 21.4. The van der Waals surface area contributed by atoms with Crippen molar-refractivity contribution in [2.45, 2.75) is 88.3 Å². The first-order valence-corrected chi connectivity index (χ1v) is 14.0. The summed E-state index contributed by atoms with van der Waals surface area (Å²) in [5, 5.41) is 11.9. The van der Waals surface area contributed by atoms with Gasteiger partial charge in [0.2, 0.25) is 11.7 Å². The Morgan fingerprint density at radius 2 is 1.69 bits per heavy atom. The van der Waals surface area contributed by atoms with Gasteiger partial charge in [0, 0.05) is 17.7 Å². The molecule has 0 bridgehead atoms. The maximum Gasteiger partial charge on any atom is 0.286 e. The number of Topliss-reactive ketones (excluding diaryl/α,β-unsaturated/α-hetero) is 1. The quantitative estimate of drug-likeness (QED) is 0.256. The van der Waals surface area contributed by atoms with Crippen LogP contribution in [0.25, 0.3) is 0 Å². The Balaban J connectivity index is 0.00000361. The van der Waals surface area contributed by atoms with Gasteiger partial charge in [-0.1, -0.05) is 81.6 Å². The number of hydrogen-bond acceptors (Lipinski definition) is 7. The molecule has 198 valence electrons. The molecule has 1 N–H and O–H groups in total. The van der Waals surface area contributed by atoms with E-state index in [2.05, 4.69) is 44.7 Å². The second-order valence-corrected chi connectivity index (χ2v) is 11.7. The number of nitrogens with zero attached hydrogens (tertiary/aromatic N) is 3. The van der Waals surface area contributed by atoms with E-state index in [1.807, 2.05) is 19.9 Å². The molecule has 1 aromatic carbocycles. The first-order valence-electron chi connectivity index (χ1n) is 13.1. The third-order valence-corrected chi connectivity index (χ3v) is 7.95. The van der Waals surface area contributed by atoms with Gasteiger partial charge < -0.3 is 9.73 Å². The molecule has 2 aliphatic rings. The van der Waals surface area contributed by atoms with Gasteiger partial charge >= 0.3 is 0 Å². The number of amides is 1. The van der Waals surface area contributed by atoms with Crippen molar-refractivity contribution in [2.75, 3.05) is 13.1 Å². The number of benzene rings is 1. The average molecular weight is 535 g/mol. The van der Waals surface area contributed by atoms with Crippen molar-refractivity contribution in [3.8, 4) is 0 Å². The number of piperidine rings is 1. The highest BCUT2D eigenvalue weighted by Gasteiger charge is 2.37. The first kappa shape index (κ1) is 28.7. The van der Waals surface area contributed by atoms with Gasteiger partial charge in [-0.15, -0.1) is 22.6 Å². The zero-order valence-corrected chi connectivity index (χ0v) is 23.0. The first-order chi connectivity index (χ1) is 17.0. The molecule has 1 saturated carbocycles. The summed E-state index contributed by atoms with van der Waals surface area (Å²) in [4.78, 5) is 29.2. The van der Waals surface area contributed by atoms with E-state index in [0.717, 1.165) is 58.2 Å². The van der Waals surface area contributed by atoms with E-state index in [0.29, 0.717) is 5.22 Å². The molecule has 1 amide bonds. The van der Waals surface area contributed by atoms with Gasteiger partial charge in [-0.3, -0.25) is 14.5 Å². The van der Waals surface area contributed by atoms with Crippen LogP contribution in [0.3, 0.4) is 0 Å². The lowest BCUT2D eigenvalue weighted by Gasteiger charge is -2.35. The largest absolute Gasteiger partial charge is 0.408 e. The normalized spacial score (nSPS) is 18.9. The standard InChI is InChI=1S/C27H38N4O3S.ClH/c1-19(2)35-27-30-29-26(34-27)24(32)23(28-25(33)22-12-8-3-4-9-13-22)21-14-16-31(17-15-21)18-20-10-6-5-7-11-20;/h5-7,10-11,19,21-23H,3-4,8-9,12-18H2,1-2H3,(H,28,33);1H. The van der Waals surface area contributed by atoms with E-state index in [4.69, 9.17) is 4.42 Å². The van der Waals surface area contributed by atoms with Crippen LogP contribution < -0.4 is 5.32 Å². The molecule has 1 aromatic heterocycles. The van der Waals surface area contributed by atoms with Crippen molar-refractivity contribution >= 4 is 35.9 Å². The minimum Gasteiger partial charge on any atom is -0.408 e. The Labute approximate surface area is 225 Å². The van der Waals surface area contributed by atoms with E-state index in [1.54, 1.807) is 0 Å². The van der Waals surface area contributed by atoms with Crippen molar-refractivity contribution in [1.82, 2.24) is 20.4 Å². The van der Waals surface area contributed by atoms with E-state index in [1.165, 1.54) is 30.2 Å². The maximum absolute atomic E-state index is 13.6. The number of ketones is 1. The van der Waals surface area contributed by atoms with Gasteiger partial charge in [0.05, 0.1) is 0 Å². The molecule has 9 heteroatoms. The third-order valence-electron chi connectivity index (χ3n) is 7.11. The van der Waals surface area contributed by atoms with Crippen LogP contribution in [0.15, 0.2) is 40.0 Å². The van der Waals surface area contributed by atoms with E-state index in [9.17, 15) is 9.59 Å². The van der Waals surface area contributed by atoms with Crippen LogP contribution in [-0.4, -0.2) is 51.2 Å². The number of thioether (sulfide) groups is 1. The van der Waals surface area contributed by atoms with Gasteiger partial charge in [-0.25, -0.2) is 0 Å². The molecule has 2 aromatic rings. The van der Waals surface area contributed by atoms with Gasteiger partial charge in [-0.2, -0.15) is 0 Å². The molecule has 0 spiro atoms. The Bertz CT molecular complexity index is 955. The minimum absolute atomic E-state index is 0. The smallest absolute Gasteiger partial charge is 0.286 e. The Kier molecular flexibility index (Phi) is 11.3. The molecular formula is C27H39ClN4O3S. The summed E-state index contributed by atoms with van der Waals surface area (Å²) in [7, 11) is 0. The number of carbonyl (C=O) groups excluding carboxylic acids is 2. The van der Waals surface area contributed by atoms with Crippen molar-refractivity contribution in [2.24, 2.45) is 11.8 Å². The topological polar surface area (TPSA) is 88.3 Å². The fourth-order valence-corrected chi connectivity index (χ4v) is 5.81. The lowest BCUT2D eigenvalue weighted by atomic mass is 9.86. The predicted molar refractivity (Wildman–Crippen MR) is 144 cm³/mol. The molecule has 4 rings (SSSR count). The lowest BCUT2D eigenvalue weighted by Crippen LogP contribution is -2.51. The summed E-state index contributed by atoms with van der Waals surface area (Å²) >= 11 is 1.44. The minimum atomic E-state index is -0.623. The van der Waals surface area contributed by atoms with Crippen LogP contribution in [-0.2, 0) is 11.3 Å². The van der Waals surface area contributed by atoms with Crippen molar-refractivity contribution < 1.29 is 14.0 Å². The van der Waals surface area contributed by atoms with Crippen molar-refractivity contribution in [3.63, 3.8) is 0 Å². The fourth-order valence-electron chi connectivity index (χ4n) is 5.19. The van der Waals surface area contributed by atoms with Gasteiger partial charge in [0.15, 0.2) is 0 Å². The molecule has 1 saturated heterocycles. The molecule has 1 aliphatic heterocycles. The molecule has 2 heterocycles. The summed E-state index contributed by atoms with van der Waals surface area (Å²) in [6, 6.07) is 9.83. The second-order valence-electron chi connectivity index (χ2n) is 10.2. The summed E-state index contributed by atoms with van der Waals surface area (Å²) in [5.41, 5.74) is 1.29. The van der Waals surface area contributed by atoms with Crippen LogP contribution in [0.1, 0.15) is 81.5 Å². The van der Waals surface area contributed by atoms with Crippen LogP contribution in [0.2, 0.25) is 0 Å². The summed E-state index contributed by atoms with van der Waals surface area (Å²) in [6.07, 6.45) is 8.01. The molecule has 1 atom stereocenters. The van der Waals surface area contributed by atoms with Gasteiger partial charge in [-0.05, 0) is 50.3 Å². The van der Waals surface area contributed by atoms with Crippen molar-refractivity contribution in [1.29, 1.82) is 0 Å². The number of rotatable bonds is 9. The summed E-state index contributed by atoms with van der Waals surface area (Å²) in [6.45, 7) is 6.76. The number of carbonyl (C=O) groups is 2. The van der Waals surface area contributed by atoms with Crippen molar-refractivity contribution in [3.05, 3.63) is 41.8 Å². The van der Waals surface area contributed by atoms with Gasteiger partial charge in [0.25, 0.3) is 11.1 Å². The molecular weight excluding hydrogens is 496 g/mol. The summed E-state index contributed by atoms with van der Waals surface area (Å²) < 4.78 is 5.70. The molecule has 1 aliphatic carbocycles. The average Bonchev–Trinajstić information content (AvgIpc) is 3.14. The Morgan fingerprint density at radius 3 is 2.33 bits per heavy atom. The Morgan fingerprint density at radius 1 is 1.03 bits per heavy atom. The van der Waals surface area contributed by atoms with Gasteiger partial charge in [0.1, 0.15) is 6.04 Å². The number of aromatic nitrogens is 2. The van der Waals surface area contributed by atoms with E-state index < -0.39 is 6.04 Å². The highest BCUT2D eigenvalue weighted by atomic mass is 35.5. The monoisotopic (exact) mass is 534 g/mol. The molecule has 0 radical (unpaired) electrons. The van der Waals surface area contributed by atoms with E-state index in [-0.39, 0.29) is 47.1 Å². The number of halogens is 1. The third kappa shape index (κ3) is 8.05. The summed E-state index contributed by atoms with van der Waals surface area (Å²) in [5.74, 6) is -0.200. The maximum atomic E-state index is 13.6. The highest BCUT2D eigenvalue weighted by molar-refractivity contribution is 7.99. The van der Waals surface area contributed by atoms with Crippen LogP contribution in [0.5, 0.6) is 0 Å². The zero-order chi connectivity index (χ0) is 24.6.